The Morgan fingerprint density at radius 1 is 1.44 bits per heavy atom. The van der Waals surface area contributed by atoms with Crippen LogP contribution in [0.3, 0.4) is 0 Å². The monoisotopic (exact) mass is 343 g/mol. The molecule has 1 aromatic carbocycles. The van der Waals surface area contributed by atoms with Crippen molar-refractivity contribution in [1.29, 1.82) is 0 Å². The molecule has 0 saturated carbocycles. The lowest BCUT2D eigenvalue weighted by Gasteiger charge is -2.24. The molecule has 1 aliphatic rings. The molecule has 1 fully saturated rings. The zero-order chi connectivity index (χ0) is 17.8. The molecule has 1 N–H and O–H groups in total. The van der Waals surface area contributed by atoms with Crippen molar-refractivity contribution in [2.75, 3.05) is 18.5 Å². The molecule has 0 unspecified atom stereocenters. The van der Waals surface area contributed by atoms with Gasteiger partial charge in [-0.25, -0.2) is 4.79 Å². The first-order valence-electron chi connectivity index (χ1n) is 8.86. The lowest BCUT2D eigenvalue weighted by Crippen LogP contribution is -2.34. The molecule has 0 spiro atoms. The molecule has 134 valence electrons. The molecule has 1 atom stereocenters. The predicted octanol–water partition coefficient (Wildman–Crippen LogP) is 4.57. The fourth-order valence-corrected chi connectivity index (χ4v) is 3.09. The van der Waals surface area contributed by atoms with Crippen molar-refractivity contribution in [3.05, 3.63) is 41.8 Å². The van der Waals surface area contributed by atoms with Gasteiger partial charge < -0.3 is 19.5 Å². The number of hydrogen-bond donors (Lipinski definition) is 1. The molecular weight excluding hydrogens is 318 g/mol. The number of benzene rings is 1. The van der Waals surface area contributed by atoms with Crippen LogP contribution >= 0.6 is 0 Å². The molecule has 2 aromatic rings. The zero-order valence-corrected chi connectivity index (χ0v) is 15.0. The van der Waals surface area contributed by atoms with Gasteiger partial charge in [-0.1, -0.05) is 31.1 Å². The van der Waals surface area contributed by atoms with E-state index >= 15 is 0 Å². The Balaban J connectivity index is 1.74. The van der Waals surface area contributed by atoms with E-state index in [0.717, 1.165) is 24.3 Å². The van der Waals surface area contributed by atoms with Crippen LogP contribution in [-0.2, 0) is 0 Å². The van der Waals surface area contributed by atoms with Crippen molar-refractivity contribution in [3.63, 3.8) is 0 Å². The first kappa shape index (κ1) is 17.3. The van der Waals surface area contributed by atoms with Crippen LogP contribution in [0.15, 0.2) is 34.9 Å². The molecule has 1 aromatic heterocycles. The number of urea groups is 1. The number of nitrogens with zero attached hydrogens (tertiary/aromatic N) is 2. The van der Waals surface area contributed by atoms with Crippen molar-refractivity contribution < 1.29 is 14.1 Å². The van der Waals surface area contributed by atoms with Gasteiger partial charge >= 0.3 is 6.03 Å². The summed E-state index contributed by atoms with van der Waals surface area (Å²) in [5.41, 5.74) is 1.51. The number of nitrogens with one attached hydrogen (secondary N) is 1. The van der Waals surface area contributed by atoms with Crippen molar-refractivity contribution in [1.82, 2.24) is 10.1 Å². The van der Waals surface area contributed by atoms with Gasteiger partial charge in [0.25, 0.3) is 0 Å². The number of likely N-dealkylation sites (tertiary alicyclic amines) is 1. The number of para-hydroxylation sites is 2. The molecular formula is C19H25N3O3. The van der Waals surface area contributed by atoms with Crippen LogP contribution < -0.4 is 10.1 Å². The number of hydrogen-bond acceptors (Lipinski definition) is 4. The number of carbonyl (C=O) groups is 1. The van der Waals surface area contributed by atoms with E-state index in [9.17, 15) is 4.79 Å². The lowest BCUT2D eigenvalue weighted by molar-refractivity contribution is 0.204. The largest absolute Gasteiger partial charge is 0.492 e. The summed E-state index contributed by atoms with van der Waals surface area (Å²) in [6.07, 6.45) is 1.85. The van der Waals surface area contributed by atoms with Gasteiger partial charge in [0.05, 0.1) is 18.3 Å². The van der Waals surface area contributed by atoms with Gasteiger partial charge in [0.1, 0.15) is 17.2 Å². The minimum Gasteiger partial charge on any atom is -0.492 e. The second-order valence-electron chi connectivity index (χ2n) is 6.52. The number of anilines is 1. The molecule has 0 bridgehead atoms. The lowest BCUT2D eigenvalue weighted by atomic mass is 10.1. The number of carbonyl (C=O) groups excluding carboxylic acids is 1. The number of amides is 2. The van der Waals surface area contributed by atoms with Gasteiger partial charge in [0, 0.05) is 18.5 Å². The molecule has 25 heavy (non-hydrogen) atoms. The average Bonchev–Trinajstić information content (AvgIpc) is 3.25. The SMILES string of the molecule is CCOc1ccccc1NC(=O)N1CCC[C@H]1c1cc(C(C)C)on1. The fourth-order valence-electron chi connectivity index (χ4n) is 3.09. The van der Waals surface area contributed by atoms with E-state index in [0.29, 0.717) is 24.6 Å². The van der Waals surface area contributed by atoms with Crippen LogP contribution in [0.2, 0.25) is 0 Å². The maximum Gasteiger partial charge on any atom is 0.322 e. The molecule has 1 aliphatic heterocycles. The van der Waals surface area contributed by atoms with Gasteiger partial charge in [0.2, 0.25) is 0 Å². The second-order valence-corrected chi connectivity index (χ2v) is 6.52. The highest BCUT2D eigenvalue weighted by molar-refractivity contribution is 5.91. The molecule has 1 saturated heterocycles. The first-order valence-corrected chi connectivity index (χ1v) is 8.86. The molecule has 2 amide bonds. The maximum absolute atomic E-state index is 12.8. The summed E-state index contributed by atoms with van der Waals surface area (Å²) >= 11 is 0. The van der Waals surface area contributed by atoms with Crippen molar-refractivity contribution in [3.8, 4) is 5.75 Å². The topological polar surface area (TPSA) is 67.6 Å². The summed E-state index contributed by atoms with van der Waals surface area (Å²) in [5.74, 6) is 1.81. The van der Waals surface area contributed by atoms with Crippen LogP contribution in [0.4, 0.5) is 10.5 Å². The van der Waals surface area contributed by atoms with E-state index in [-0.39, 0.29) is 18.0 Å². The molecule has 3 rings (SSSR count). The average molecular weight is 343 g/mol. The van der Waals surface area contributed by atoms with Gasteiger partial charge in [-0.15, -0.1) is 0 Å². The maximum atomic E-state index is 12.8. The summed E-state index contributed by atoms with van der Waals surface area (Å²) in [6.45, 7) is 7.31. The second kappa shape index (κ2) is 7.59. The number of aromatic nitrogens is 1. The van der Waals surface area contributed by atoms with Crippen molar-refractivity contribution in [2.45, 2.75) is 45.6 Å². The quantitative estimate of drug-likeness (QED) is 0.864. The Bertz CT molecular complexity index is 726. The van der Waals surface area contributed by atoms with E-state index in [1.54, 1.807) is 0 Å². The van der Waals surface area contributed by atoms with E-state index in [1.807, 2.05) is 42.2 Å². The summed E-state index contributed by atoms with van der Waals surface area (Å²) in [5, 5.41) is 7.15. The third kappa shape index (κ3) is 3.78. The third-order valence-corrected chi connectivity index (χ3v) is 4.40. The Labute approximate surface area is 148 Å². The molecule has 6 heteroatoms. The number of rotatable bonds is 5. The summed E-state index contributed by atoms with van der Waals surface area (Å²) in [4.78, 5) is 14.6. The fraction of sp³-hybridized carbons (Fsp3) is 0.474. The van der Waals surface area contributed by atoms with E-state index in [1.165, 1.54) is 0 Å². The molecule has 0 aliphatic carbocycles. The van der Waals surface area contributed by atoms with Gasteiger partial charge in [0.15, 0.2) is 0 Å². The Morgan fingerprint density at radius 3 is 2.96 bits per heavy atom. The van der Waals surface area contributed by atoms with Crippen molar-refractivity contribution >= 4 is 11.7 Å². The highest BCUT2D eigenvalue weighted by atomic mass is 16.5. The first-order chi connectivity index (χ1) is 12.1. The summed E-state index contributed by atoms with van der Waals surface area (Å²) in [6, 6.07) is 9.26. The highest BCUT2D eigenvalue weighted by Gasteiger charge is 2.32. The van der Waals surface area contributed by atoms with Crippen LogP contribution in [0.25, 0.3) is 0 Å². The van der Waals surface area contributed by atoms with E-state index in [2.05, 4.69) is 24.3 Å². The molecule has 2 heterocycles. The van der Waals surface area contributed by atoms with Gasteiger partial charge in [-0.3, -0.25) is 0 Å². The Kier molecular flexibility index (Phi) is 5.26. The van der Waals surface area contributed by atoms with E-state index in [4.69, 9.17) is 9.26 Å². The van der Waals surface area contributed by atoms with E-state index < -0.39 is 0 Å². The number of ether oxygens (including phenoxy) is 1. The highest BCUT2D eigenvalue weighted by Crippen LogP contribution is 2.34. The zero-order valence-electron chi connectivity index (χ0n) is 15.0. The third-order valence-electron chi connectivity index (χ3n) is 4.40. The van der Waals surface area contributed by atoms with Crippen LogP contribution in [-0.4, -0.2) is 29.2 Å². The normalized spacial score (nSPS) is 17.1. The van der Waals surface area contributed by atoms with Crippen LogP contribution in [0.5, 0.6) is 5.75 Å². The smallest absolute Gasteiger partial charge is 0.322 e. The van der Waals surface area contributed by atoms with Gasteiger partial charge in [-0.05, 0) is 31.9 Å². The minimum absolute atomic E-state index is 0.0458. The molecule has 0 radical (unpaired) electrons. The minimum atomic E-state index is -0.135. The van der Waals surface area contributed by atoms with Crippen LogP contribution in [0, 0.1) is 0 Å². The summed E-state index contributed by atoms with van der Waals surface area (Å²) < 4.78 is 11.0. The Morgan fingerprint density at radius 2 is 2.24 bits per heavy atom. The van der Waals surface area contributed by atoms with Gasteiger partial charge in [-0.2, -0.15) is 0 Å². The predicted molar refractivity (Wildman–Crippen MR) is 95.9 cm³/mol. The molecule has 6 nitrogen and oxygen atoms in total. The summed E-state index contributed by atoms with van der Waals surface area (Å²) in [7, 11) is 0. The standard InChI is InChI=1S/C19H25N3O3/c1-4-24-17-10-6-5-8-14(17)20-19(23)22-11-7-9-16(22)15-12-18(13(2)3)25-21-15/h5-6,8,10,12-13,16H,4,7,9,11H2,1-3H3,(H,20,23)/t16-/m0/s1. The Hall–Kier alpha value is -2.50. The van der Waals surface area contributed by atoms with Crippen LogP contribution in [0.1, 0.15) is 57.0 Å². The van der Waals surface area contributed by atoms with Crippen molar-refractivity contribution in [2.24, 2.45) is 0 Å².